The largest absolute Gasteiger partial charge is 0.465 e. The molecule has 2 aromatic carbocycles. The van der Waals surface area contributed by atoms with Crippen LogP contribution in [0.25, 0.3) is 21.3 Å². The summed E-state index contributed by atoms with van der Waals surface area (Å²) >= 11 is 11.0. The monoisotopic (exact) mass is 1120 g/mol. The van der Waals surface area contributed by atoms with E-state index in [0.717, 1.165) is 21.7 Å². The van der Waals surface area contributed by atoms with Gasteiger partial charge in [0.05, 0.1) is 84.0 Å². The molecule has 73 heavy (non-hydrogen) atoms. The van der Waals surface area contributed by atoms with E-state index in [2.05, 4.69) is 41.5 Å². The van der Waals surface area contributed by atoms with Crippen molar-refractivity contribution in [3.8, 4) is 16.5 Å². The molecule has 2 saturated heterocycles. The highest BCUT2D eigenvalue weighted by molar-refractivity contribution is 9.10. The number of ether oxygens (including phenoxy) is 5. The number of nitrogens with zero attached hydrogens (tertiary/aromatic N) is 7. The highest BCUT2D eigenvalue weighted by Gasteiger charge is 2.45. The maximum Gasteiger partial charge on any atom is 0.407 e. The quantitative estimate of drug-likeness (QED) is 0.0496. The summed E-state index contributed by atoms with van der Waals surface area (Å²) in [6.45, 7) is 13.6. The number of carbonyl (C=O) groups excluding carboxylic acids is 3. The second kappa shape index (κ2) is 27.1. The SMILES string of the molecule is Cc1ncsc1-c1ccc(C(C)NC(=O)[C@@H]2C[C@@H](O)CN2C(=O)C(NC(=O)COCCOCCOCCOCCN(C)CCOc2nc(N3CCN(C(=O)O)CC3)c3cc(Cl)c(Br)c(F)c3n2)C(C)(C)C)cc1. The van der Waals surface area contributed by atoms with Crippen LogP contribution in [0.5, 0.6) is 6.01 Å². The molecule has 4 atom stereocenters. The van der Waals surface area contributed by atoms with Gasteiger partial charge in [-0.1, -0.05) is 56.6 Å². The Labute approximate surface area is 441 Å². The number of hydrogen-bond acceptors (Lipinski definition) is 16. The van der Waals surface area contributed by atoms with Gasteiger partial charge >= 0.3 is 12.1 Å². The van der Waals surface area contributed by atoms with Crippen molar-refractivity contribution in [1.82, 2.24) is 40.3 Å². The van der Waals surface area contributed by atoms with Crippen molar-refractivity contribution < 1.29 is 57.5 Å². The number of fused-ring (bicyclic) bond motifs is 1. The smallest absolute Gasteiger partial charge is 0.407 e. The summed E-state index contributed by atoms with van der Waals surface area (Å²) in [6, 6.07) is 7.19. The molecule has 400 valence electrons. The maximum absolute atomic E-state index is 15.3. The number of amides is 4. The van der Waals surface area contributed by atoms with Crippen LogP contribution < -0.4 is 20.3 Å². The van der Waals surface area contributed by atoms with Gasteiger partial charge in [0.2, 0.25) is 17.7 Å². The van der Waals surface area contributed by atoms with Crippen molar-refractivity contribution in [3.05, 3.63) is 62.4 Å². The fourth-order valence-electron chi connectivity index (χ4n) is 8.22. The van der Waals surface area contributed by atoms with Gasteiger partial charge in [-0.25, -0.2) is 14.2 Å². The molecule has 6 rings (SSSR count). The van der Waals surface area contributed by atoms with Crippen LogP contribution in [-0.4, -0.2) is 194 Å². The van der Waals surface area contributed by atoms with Gasteiger partial charge in [0.15, 0.2) is 5.82 Å². The first-order chi connectivity index (χ1) is 34.8. The number of hydrogen-bond donors (Lipinski definition) is 4. The number of β-amino-alcohol motifs (C(OH)–C–C–N with tert-alkyl or cyclic N) is 1. The lowest BCUT2D eigenvalue weighted by molar-refractivity contribution is -0.144. The third kappa shape index (κ3) is 16.1. The zero-order chi connectivity index (χ0) is 52.8. The summed E-state index contributed by atoms with van der Waals surface area (Å²) in [4.78, 5) is 72.9. The van der Waals surface area contributed by atoms with Crippen molar-refractivity contribution in [2.75, 3.05) is 117 Å². The molecule has 2 aromatic heterocycles. The topological polar surface area (TPSA) is 231 Å². The van der Waals surface area contributed by atoms with Crippen molar-refractivity contribution in [3.63, 3.8) is 0 Å². The van der Waals surface area contributed by atoms with Gasteiger partial charge in [-0.05, 0) is 59.4 Å². The summed E-state index contributed by atoms with van der Waals surface area (Å²) in [5.41, 5.74) is 4.00. The van der Waals surface area contributed by atoms with Crippen LogP contribution in [0.3, 0.4) is 0 Å². The first-order valence-electron chi connectivity index (χ1n) is 24.1. The molecule has 4 heterocycles. The van der Waals surface area contributed by atoms with E-state index in [0.29, 0.717) is 70.4 Å². The predicted octanol–water partition coefficient (Wildman–Crippen LogP) is 5.16. The van der Waals surface area contributed by atoms with Crippen molar-refractivity contribution in [2.24, 2.45) is 5.41 Å². The van der Waals surface area contributed by atoms with Crippen LogP contribution in [0.4, 0.5) is 15.0 Å². The molecular formula is C49H66BrClFN9O11S. The van der Waals surface area contributed by atoms with Gasteiger partial charge in [-0.2, -0.15) is 9.97 Å². The molecule has 4 N–H and O–H groups in total. The molecule has 0 bridgehead atoms. The third-order valence-corrected chi connectivity index (χ3v) is 14.6. The second-order valence-electron chi connectivity index (χ2n) is 18.9. The van der Waals surface area contributed by atoms with Crippen molar-refractivity contribution in [2.45, 2.75) is 65.3 Å². The van der Waals surface area contributed by atoms with Crippen molar-refractivity contribution >= 4 is 79.4 Å². The van der Waals surface area contributed by atoms with E-state index in [-0.39, 0.29) is 85.5 Å². The van der Waals surface area contributed by atoms with Gasteiger partial charge in [-0.3, -0.25) is 14.4 Å². The zero-order valence-corrected chi connectivity index (χ0v) is 45.2. The van der Waals surface area contributed by atoms with Crippen LogP contribution >= 0.6 is 38.9 Å². The number of piperazine rings is 1. The maximum atomic E-state index is 15.3. The molecule has 0 saturated carbocycles. The Morgan fingerprint density at radius 1 is 0.945 bits per heavy atom. The predicted molar refractivity (Wildman–Crippen MR) is 277 cm³/mol. The summed E-state index contributed by atoms with van der Waals surface area (Å²) in [6.07, 6.45) is -1.82. The van der Waals surface area contributed by atoms with Gasteiger partial charge in [0.25, 0.3) is 0 Å². The van der Waals surface area contributed by atoms with E-state index in [9.17, 15) is 29.4 Å². The van der Waals surface area contributed by atoms with Crippen LogP contribution in [0.15, 0.2) is 40.3 Å². The number of thiazole rings is 1. The van der Waals surface area contributed by atoms with E-state index in [1.165, 1.54) is 9.80 Å². The molecule has 0 radical (unpaired) electrons. The van der Waals surface area contributed by atoms with Crippen LogP contribution in [0.2, 0.25) is 5.02 Å². The lowest BCUT2D eigenvalue weighted by Gasteiger charge is -2.35. The molecule has 2 fully saturated rings. The Morgan fingerprint density at radius 3 is 2.19 bits per heavy atom. The van der Waals surface area contributed by atoms with E-state index < -0.39 is 47.3 Å². The van der Waals surface area contributed by atoms with E-state index in [1.807, 2.05) is 75.7 Å². The number of likely N-dealkylation sites (tertiary alicyclic amines) is 1. The lowest BCUT2D eigenvalue weighted by atomic mass is 9.85. The minimum Gasteiger partial charge on any atom is -0.465 e. The van der Waals surface area contributed by atoms with E-state index in [1.54, 1.807) is 22.9 Å². The van der Waals surface area contributed by atoms with Crippen molar-refractivity contribution in [1.29, 1.82) is 0 Å². The number of benzene rings is 2. The number of carbonyl (C=O) groups is 4. The summed E-state index contributed by atoms with van der Waals surface area (Å²) < 4.78 is 43.7. The molecule has 2 aliphatic rings. The zero-order valence-electron chi connectivity index (χ0n) is 42.0. The number of aliphatic hydroxyl groups excluding tert-OH is 1. The van der Waals surface area contributed by atoms with Crippen LogP contribution in [0.1, 0.15) is 51.4 Å². The third-order valence-electron chi connectivity index (χ3n) is 12.4. The number of halogens is 3. The van der Waals surface area contributed by atoms with Crippen LogP contribution in [-0.2, 0) is 33.3 Å². The van der Waals surface area contributed by atoms with Crippen LogP contribution in [0, 0.1) is 18.2 Å². The Bertz CT molecular complexity index is 2500. The fourth-order valence-corrected chi connectivity index (χ4v) is 9.53. The number of likely N-dealkylation sites (N-methyl/N-ethyl adjacent to an activating group) is 1. The number of anilines is 1. The van der Waals surface area contributed by atoms with Gasteiger partial charge in [0.1, 0.15) is 36.6 Å². The Balaban J connectivity index is 0.818. The standard InChI is InChI=1S/C49H66BrClFN9O11S/c1-30(32-7-9-33(10-8-32)42-31(2)53-29-73-42)54-45(64)37-25-34(62)27-61(37)46(65)43(49(3,4)5)55-38(63)28-71-24-23-70-22-21-69-20-19-68-17-15-58(6)16-18-72-47-56-41-35(26-36(51)39(50)40(41)52)44(57-47)59-11-13-60(14-12-59)48(66)67/h7-10,26,29-30,34,37,43,62H,11-25,27-28H2,1-6H3,(H,54,64)(H,55,63)(H,66,67)/t30?,34-,37+,43?/m1/s1. The normalized spacial score (nSPS) is 17.1. The summed E-state index contributed by atoms with van der Waals surface area (Å²) in [5.74, 6) is -1.59. The highest BCUT2D eigenvalue weighted by atomic mass is 79.9. The minimum absolute atomic E-state index is 0.0104. The molecule has 4 amide bonds. The van der Waals surface area contributed by atoms with E-state index >= 15 is 4.39 Å². The average molecular weight is 1120 g/mol. The number of carboxylic acid groups (broad SMARTS) is 1. The molecule has 2 aliphatic heterocycles. The first-order valence-corrected chi connectivity index (χ1v) is 26.2. The molecule has 4 aromatic rings. The first kappa shape index (κ1) is 57.4. The molecule has 24 heteroatoms. The second-order valence-corrected chi connectivity index (χ2v) is 20.9. The number of aliphatic hydroxyl groups is 1. The Morgan fingerprint density at radius 2 is 1.58 bits per heavy atom. The van der Waals surface area contributed by atoms with Gasteiger partial charge < -0.3 is 64.1 Å². The molecule has 0 aliphatic carbocycles. The van der Waals surface area contributed by atoms with Gasteiger partial charge in [-0.15, -0.1) is 11.3 Å². The van der Waals surface area contributed by atoms with E-state index in [4.69, 9.17) is 35.3 Å². The Kier molecular flexibility index (Phi) is 21.3. The fraction of sp³-hybridized carbons (Fsp3) is 0.571. The molecular weight excluding hydrogens is 1060 g/mol. The number of rotatable bonds is 25. The number of aromatic nitrogens is 3. The summed E-state index contributed by atoms with van der Waals surface area (Å²) in [7, 11) is 1.91. The molecule has 0 spiro atoms. The summed E-state index contributed by atoms with van der Waals surface area (Å²) in [5, 5.41) is 26.3. The van der Waals surface area contributed by atoms with Gasteiger partial charge in [0, 0.05) is 57.6 Å². The Hall–Kier alpha value is -4.85. The number of nitrogens with one attached hydrogen (secondary N) is 2. The minimum atomic E-state index is -1.00. The number of aryl methyl sites for hydroxylation is 1. The highest BCUT2D eigenvalue weighted by Crippen LogP contribution is 2.37. The molecule has 2 unspecified atom stereocenters. The molecule has 20 nitrogen and oxygen atoms in total. The average Bonchev–Trinajstić information content (AvgIpc) is 3.98. The lowest BCUT2D eigenvalue weighted by Crippen LogP contribution is -2.58.